The third-order valence-corrected chi connectivity index (χ3v) is 3.19. The molecule has 1 saturated heterocycles. The zero-order chi connectivity index (χ0) is 12.7. The minimum Gasteiger partial charge on any atom is -0.469 e. The minimum atomic E-state index is -0.102. The smallest absolute Gasteiger partial charge is 0.310 e. The van der Waals surface area contributed by atoms with Crippen molar-refractivity contribution < 1.29 is 9.53 Å². The number of carbonyl (C=O) groups is 1. The Morgan fingerprint density at radius 1 is 1.53 bits per heavy atom. The summed E-state index contributed by atoms with van der Waals surface area (Å²) in [4.78, 5) is 13.9. The molecule has 1 heterocycles. The molecule has 0 aromatic rings. The molecule has 5 nitrogen and oxygen atoms in total. The average Bonchev–Trinajstić information content (AvgIpc) is 2.35. The standard InChI is InChI=1S/C12H25N3O2/c1-3-5-14-11-7-10(12(16)17-2)8-15(9-11)6-4-13/h10-11,14H,3-9,13H2,1-2H3. The number of esters is 1. The van der Waals surface area contributed by atoms with Crippen LogP contribution in [0.2, 0.25) is 0 Å². The molecule has 1 aliphatic rings. The van der Waals surface area contributed by atoms with E-state index in [1.807, 2.05) is 0 Å². The van der Waals surface area contributed by atoms with Crippen molar-refractivity contribution >= 4 is 5.97 Å². The summed E-state index contributed by atoms with van der Waals surface area (Å²) < 4.78 is 4.84. The number of carbonyl (C=O) groups excluding carboxylic acids is 1. The van der Waals surface area contributed by atoms with E-state index in [-0.39, 0.29) is 11.9 Å². The second kappa shape index (κ2) is 7.63. The third-order valence-electron chi connectivity index (χ3n) is 3.19. The average molecular weight is 243 g/mol. The van der Waals surface area contributed by atoms with Crippen LogP contribution in [0.5, 0.6) is 0 Å². The largest absolute Gasteiger partial charge is 0.469 e. The second-order valence-electron chi connectivity index (χ2n) is 4.66. The molecule has 0 aliphatic carbocycles. The van der Waals surface area contributed by atoms with Gasteiger partial charge in [0.05, 0.1) is 13.0 Å². The van der Waals surface area contributed by atoms with Crippen molar-refractivity contribution in [2.24, 2.45) is 11.7 Å². The number of hydrogen-bond donors (Lipinski definition) is 2. The molecule has 0 bridgehead atoms. The molecule has 2 atom stereocenters. The molecule has 5 heteroatoms. The lowest BCUT2D eigenvalue weighted by Crippen LogP contribution is -2.52. The highest BCUT2D eigenvalue weighted by Gasteiger charge is 2.31. The highest BCUT2D eigenvalue weighted by atomic mass is 16.5. The Morgan fingerprint density at radius 3 is 2.88 bits per heavy atom. The Bertz CT molecular complexity index is 236. The summed E-state index contributed by atoms with van der Waals surface area (Å²) in [5, 5.41) is 3.48. The van der Waals surface area contributed by atoms with E-state index < -0.39 is 0 Å². The number of nitrogens with two attached hydrogens (primary N) is 1. The van der Waals surface area contributed by atoms with Crippen LogP contribution in [0.4, 0.5) is 0 Å². The van der Waals surface area contributed by atoms with E-state index in [1.54, 1.807) is 0 Å². The van der Waals surface area contributed by atoms with Crippen molar-refractivity contribution in [3.8, 4) is 0 Å². The highest BCUT2D eigenvalue weighted by molar-refractivity contribution is 5.72. The molecule has 1 rings (SSSR count). The molecule has 0 spiro atoms. The van der Waals surface area contributed by atoms with Crippen molar-refractivity contribution in [1.82, 2.24) is 10.2 Å². The number of rotatable bonds is 6. The van der Waals surface area contributed by atoms with Gasteiger partial charge < -0.3 is 15.8 Å². The Kier molecular flexibility index (Phi) is 6.47. The van der Waals surface area contributed by atoms with Crippen molar-refractivity contribution in [3.63, 3.8) is 0 Å². The number of piperidine rings is 1. The van der Waals surface area contributed by atoms with Crippen molar-refractivity contribution in [1.29, 1.82) is 0 Å². The summed E-state index contributed by atoms with van der Waals surface area (Å²) in [7, 11) is 1.46. The SMILES string of the molecule is CCCNC1CC(C(=O)OC)CN(CCN)C1. The van der Waals surface area contributed by atoms with E-state index >= 15 is 0 Å². The van der Waals surface area contributed by atoms with Gasteiger partial charge in [-0.1, -0.05) is 6.92 Å². The minimum absolute atomic E-state index is 0.0188. The molecule has 2 unspecified atom stereocenters. The van der Waals surface area contributed by atoms with Gasteiger partial charge in [0.1, 0.15) is 0 Å². The van der Waals surface area contributed by atoms with Gasteiger partial charge in [-0.15, -0.1) is 0 Å². The Labute approximate surface area is 104 Å². The van der Waals surface area contributed by atoms with E-state index in [0.29, 0.717) is 12.6 Å². The van der Waals surface area contributed by atoms with Gasteiger partial charge in [-0.05, 0) is 19.4 Å². The maximum Gasteiger partial charge on any atom is 0.310 e. The molecule has 0 amide bonds. The van der Waals surface area contributed by atoms with E-state index in [9.17, 15) is 4.79 Å². The van der Waals surface area contributed by atoms with Crippen LogP contribution >= 0.6 is 0 Å². The lowest BCUT2D eigenvalue weighted by molar-refractivity contribution is -0.147. The van der Waals surface area contributed by atoms with Crippen LogP contribution in [0.1, 0.15) is 19.8 Å². The maximum absolute atomic E-state index is 11.6. The summed E-state index contributed by atoms with van der Waals surface area (Å²) in [5.74, 6) is -0.121. The second-order valence-corrected chi connectivity index (χ2v) is 4.66. The van der Waals surface area contributed by atoms with E-state index in [2.05, 4.69) is 17.1 Å². The molecule has 0 aromatic heterocycles. The number of methoxy groups -OCH3 is 1. The number of likely N-dealkylation sites (tertiary alicyclic amines) is 1. The molecule has 0 saturated carbocycles. The number of hydrogen-bond acceptors (Lipinski definition) is 5. The van der Waals surface area contributed by atoms with Crippen LogP contribution in [-0.2, 0) is 9.53 Å². The molecular weight excluding hydrogens is 218 g/mol. The lowest BCUT2D eigenvalue weighted by Gasteiger charge is -2.36. The third kappa shape index (κ3) is 4.61. The monoisotopic (exact) mass is 243 g/mol. The van der Waals surface area contributed by atoms with Crippen LogP contribution in [0.15, 0.2) is 0 Å². The summed E-state index contributed by atoms with van der Waals surface area (Å²) in [6.07, 6.45) is 1.98. The molecule has 0 aromatic carbocycles. The fourth-order valence-electron chi connectivity index (χ4n) is 2.39. The summed E-state index contributed by atoms with van der Waals surface area (Å²) in [6.45, 7) is 6.37. The molecule has 17 heavy (non-hydrogen) atoms. The summed E-state index contributed by atoms with van der Waals surface area (Å²) in [6, 6.07) is 0.374. The van der Waals surface area contributed by atoms with Crippen molar-refractivity contribution in [2.75, 3.05) is 39.8 Å². The van der Waals surface area contributed by atoms with E-state index in [4.69, 9.17) is 10.5 Å². The topological polar surface area (TPSA) is 67.6 Å². The van der Waals surface area contributed by atoms with Crippen LogP contribution in [0, 0.1) is 5.92 Å². The van der Waals surface area contributed by atoms with Crippen LogP contribution < -0.4 is 11.1 Å². The molecule has 1 fully saturated rings. The van der Waals surface area contributed by atoms with Gasteiger partial charge in [0, 0.05) is 32.2 Å². The van der Waals surface area contributed by atoms with Crippen molar-refractivity contribution in [3.05, 3.63) is 0 Å². The lowest BCUT2D eigenvalue weighted by atomic mass is 9.94. The first-order valence-electron chi connectivity index (χ1n) is 6.44. The molecular formula is C12H25N3O2. The van der Waals surface area contributed by atoms with Crippen molar-refractivity contribution in [2.45, 2.75) is 25.8 Å². The highest BCUT2D eigenvalue weighted by Crippen LogP contribution is 2.18. The van der Waals surface area contributed by atoms with Crippen LogP contribution in [0.3, 0.4) is 0 Å². The maximum atomic E-state index is 11.6. The predicted molar refractivity (Wildman–Crippen MR) is 67.7 cm³/mol. The Balaban J connectivity index is 2.52. The molecule has 100 valence electrons. The zero-order valence-electron chi connectivity index (χ0n) is 10.9. The van der Waals surface area contributed by atoms with E-state index in [0.717, 1.165) is 39.0 Å². The van der Waals surface area contributed by atoms with Gasteiger partial charge >= 0.3 is 5.97 Å². The first-order chi connectivity index (χ1) is 8.21. The van der Waals surface area contributed by atoms with Crippen LogP contribution in [-0.4, -0.2) is 56.7 Å². The molecule has 1 aliphatic heterocycles. The van der Waals surface area contributed by atoms with Gasteiger partial charge in [-0.25, -0.2) is 0 Å². The normalized spacial score (nSPS) is 25.8. The fraction of sp³-hybridized carbons (Fsp3) is 0.917. The van der Waals surface area contributed by atoms with Gasteiger partial charge in [0.25, 0.3) is 0 Å². The number of ether oxygens (including phenoxy) is 1. The van der Waals surface area contributed by atoms with Crippen LogP contribution in [0.25, 0.3) is 0 Å². The quantitative estimate of drug-likeness (QED) is 0.633. The van der Waals surface area contributed by atoms with Gasteiger partial charge in [-0.3, -0.25) is 9.69 Å². The number of nitrogens with zero attached hydrogens (tertiary/aromatic N) is 1. The molecule has 0 radical (unpaired) electrons. The Hall–Kier alpha value is -0.650. The van der Waals surface area contributed by atoms with E-state index in [1.165, 1.54) is 7.11 Å². The first-order valence-corrected chi connectivity index (χ1v) is 6.44. The van der Waals surface area contributed by atoms with Gasteiger partial charge in [0.2, 0.25) is 0 Å². The Morgan fingerprint density at radius 2 is 2.29 bits per heavy atom. The first kappa shape index (κ1) is 14.4. The van der Waals surface area contributed by atoms with Gasteiger partial charge in [-0.2, -0.15) is 0 Å². The predicted octanol–water partition coefficient (Wildman–Crippen LogP) is -0.192. The fourth-order valence-corrected chi connectivity index (χ4v) is 2.39. The molecule has 3 N–H and O–H groups in total. The summed E-state index contributed by atoms with van der Waals surface area (Å²) in [5.41, 5.74) is 5.58. The van der Waals surface area contributed by atoms with Gasteiger partial charge in [0.15, 0.2) is 0 Å². The summed E-state index contributed by atoms with van der Waals surface area (Å²) >= 11 is 0. The zero-order valence-corrected chi connectivity index (χ0v) is 10.9. The number of nitrogens with one attached hydrogen (secondary N) is 1.